The van der Waals surface area contributed by atoms with Gasteiger partial charge >= 0.3 is 0 Å². The molecule has 0 bridgehead atoms. The smallest absolute Gasteiger partial charge is 0.251 e. The molecule has 1 aromatic rings. The lowest BCUT2D eigenvalue weighted by molar-refractivity contribution is 0.0947. The maximum atomic E-state index is 13.1. The maximum Gasteiger partial charge on any atom is 0.251 e. The van der Waals surface area contributed by atoms with Crippen molar-refractivity contribution in [2.45, 2.75) is 6.92 Å². The fourth-order valence-corrected chi connectivity index (χ4v) is 1.61. The third-order valence-electron chi connectivity index (χ3n) is 2.88. The van der Waals surface area contributed by atoms with Crippen molar-refractivity contribution in [1.82, 2.24) is 10.2 Å². The van der Waals surface area contributed by atoms with E-state index in [9.17, 15) is 9.18 Å². The highest BCUT2D eigenvalue weighted by atomic mass is 19.1. The van der Waals surface area contributed by atoms with Gasteiger partial charge in [0.25, 0.3) is 5.91 Å². The molecule has 1 aromatic carbocycles. The zero-order valence-electron chi connectivity index (χ0n) is 11.7. The number of nitrogens with zero attached hydrogens (tertiary/aromatic N) is 1. The summed E-state index contributed by atoms with van der Waals surface area (Å²) in [6.07, 6.45) is 0. The van der Waals surface area contributed by atoms with Crippen LogP contribution in [0.5, 0.6) is 0 Å². The molecule has 0 saturated heterocycles. The number of carbonyl (C=O) groups is 1. The first-order valence-corrected chi connectivity index (χ1v) is 6.26. The number of amides is 1. The molecule has 0 atom stereocenters. The summed E-state index contributed by atoms with van der Waals surface area (Å²) in [7, 11) is 3.62. The third kappa shape index (κ3) is 5.36. The van der Waals surface area contributed by atoms with Crippen molar-refractivity contribution in [1.29, 1.82) is 0 Å². The van der Waals surface area contributed by atoms with Gasteiger partial charge in [-0.1, -0.05) is 0 Å². The monoisotopic (exact) mass is 268 g/mol. The Labute approximate surface area is 113 Å². The van der Waals surface area contributed by atoms with E-state index in [0.29, 0.717) is 24.3 Å². The molecule has 0 aliphatic heterocycles. The Hall–Kier alpha value is -1.46. The molecule has 4 nitrogen and oxygen atoms in total. The van der Waals surface area contributed by atoms with Crippen LogP contribution >= 0.6 is 0 Å². The van der Waals surface area contributed by atoms with Crippen LogP contribution < -0.4 is 5.32 Å². The summed E-state index contributed by atoms with van der Waals surface area (Å²) in [6, 6.07) is 4.36. The SMILES string of the molecule is COCCN(C)CCNC(=O)c1ccc(F)c(C)c1. The zero-order valence-corrected chi connectivity index (χ0v) is 11.7. The van der Waals surface area contributed by atoms with Gasteiger partial charge in [-0.3, -0.25) is 4.79 Å². The number of methoxy groups -OCH3 is 1. The van der Waals surface area contributed by atoms with Crippen LogP contribution in [-0.4, -0.2) is 51.2 Å². The second-order valence-corrected chi connectivity index (χ2v) is 4.52. The minimum Gasteiger partial charge on any atom is -0.383 e. The van der Waals surface area contributed by atoms with Crippen molar-refractivity contribution in [2.75, 3.05) is 40.4 Å². The maximum absolute atomic E-state index is 13.1. The fourth-order valence-electron chi connectivity index (χ4n) is 1.61. The summed E-state index contributed by atoms with van der Waals surface area (Å²) in [5.41, 5.74) is 0.961. The normalized spacial score (nSPS) is 10.8. The first-order chi connectivity index (χ1) is 9.04. The van der Waals surface area contributed by atoms with Crippen LogP contribution in [0.25, 0.3) is 0 Å². The fraction of sp³-hybridized carbons (Fsp3) is 0.500. The Morgan fingerprint density at radius 2 is 2.16 bits per heavy atom. The molecule has 0 fully saturated rings. The van der Waals surface area contributed by atoms with Gasteiger partial charge in [-0.15, -0.1) is 0 Å². The second-order valence-electron chi connectivity index (χ2n) is 4.52. The van der Waals surface area contributed by atoms with E-state index in [4.69, 9.17) is 4.74 Å². The van der Waals surface area contributed by atoms with Gasteiger partial charge in [0.1, 0.15) is 5.82 Å². The van der Waals surface area contributed by atoms with Crippen LogP contribution in [0.4, 0.5) is 4.39 Å². The lowest BCUT2D eigenvalue weighted by Gasteiger charge is -2.16. The molecule has 1 rings (SSSR count). The zero-order chi connectivity index (χ0) is 14.3. The summed E-state index contributed by atoms with van der Waals surface area (Å²) >= 11 is 0. The van der Waals surface area contributed by atoms with E-state index in [1.807, 2.05) is 7.05 Å². The quantitative estimate of drug-likeness (QED) is 0.813. The van der Waals surface area contributed by atoms with Crippen LogP contribution in [0, 0.1) is 12.7 Å². The van der Waals surface area contributed by atoms with Gasteiger partial charge < -0.3 is 15.0 Å². The highest BCUT2D eigenvalue weighted by molar-refractivity contribution is 5.94. The predicted molar refractivity (Wildman–Crippen MR) is 72.8 cm³/mol. The first kappa shape index (κ1) is 15.6. The molecule has 0 aliphatic rings. The van der Waals surface area contributed by atoms with E-state index >= 15 is 0 Å². The van der Waals surface area contributed by atoms with Gasteiger partial charge in [-0.25, -0.2) is 4.39 Å². The number of hydrogen-bond acceptors (Lipinski definition) is 3. The molecule has 0 aliphatic carbocycles. The Balaban J connectivity index is 2.37. The number of rotatable bonds is 7. The summed E-state index contributed by atoms with van der Waals surface area (Å²) < 4.78 is 18.1. The number of hydrogen-bond donors (Lipinski definition) is 1. The average Bonchev–Trinajstić information content (AvgIpc) is 2.39. The molecule has 0 heterocycles. The number of ether oxygens (including phenoxy) is 1. The van der Waals surface area contributed by atoms with E-state index < -0.39 is 0 Å². The van der Waals surface area contributed by atoms with Gasteiger partial charge in [0.15, 0.2) is 0 Å². The lowest BCUT2D eigenvalue weighted by Crippen LogP contribution is -2.34. The third-order valence-corrected chi connectivity index (χ3v) is 2.88. The highest BCUT2D eigenvalue weighted by Gasteiger charge is 2.07. The predicted octanol–water partition coefficient (Wildman–Crippen LogP) is 1.44. The number of likely N-dealkylation sites (N-methyl/N-ethyl adjacent to an activating group) is 1. The van der Waals surface area contributed by atoms with Gasteiger partial charge in [-0.2, -0.15) is 0 Å². The Morgan fingerprint density at radius 3 is 2.79 bits per heavy atom. The molecule has 0 unspecified atom stereocenters. The van der Waals surface area contributed by atoms with Crippen LogP contribution in [0.15, 0.2) is 18.2 Å². The summed E-state index contributed by atoms with van der Waals surface area (Å²) in [5, 5.41) is 2.81. The molecule has 5 heteroatoms. The summed E-state index contributed by atoms with van der Waals surface area (Å²) in [6.45, 7) is 4.43. The molecule has 1 amide bonds. The molecular formula is C14H21FN2O2. The Morgan fingerprint density at radius 1 is 1.42 bits per heavy atom. The number of nitrogens with one attached hydrogen (secondary N) is 1. The van der Waals surface area contributed by atoms with E-state index in [1.54, 1.807) is 20.1 Å². The standard InChI is InChI=1S/C14H21FN2O2/c1-11-10-12(4-5-13(11)15)14(18)16-6-7-17(2)8-9-19-3/h4-5,10H,6-9H2,1-3H3,(H,16,18). The van der Waals surface area contributed by atoms with Gasteiger partial charge in [0.2, 0.25) is 0 Å². The van der Waals surface area contributed by atoms with E-state index in [-0.39, 0.29) is 11.7 Å². The number of aryl methyl sites for hydroxylation is 1. The van der Waals surface area contributed by atoms with Crippen LogP contribution in [0.3, 0.4) is 0 Å². The van der Waals surface area contributed by atoms with Crippen molar-refractivity contribution in [3.8, 4) is 0 Å². The van der Waals surface area contributed by atoms with Crippen molar-refractivity contribution < 1.29 is 13.9 Å². The van der Waals surface area contributed by atoms with Crippen LogP contribution in [-0.2, 0) is 4.74 Å². The molecule has 19 heavy (non-hydrogen) atoms. The van der Waals surface area contributed by atoms with Gasteiger partial charge in [0, 0.05) is 32.3 Å². The van der Waals surface area contributed by atoms with Crippen LogP contribution in [0.1, 0.15) is 15.9 Å². The second kappa shape index (κ2) is 7.86. The Bertz CT molecular complexity index is 424. The van der Waals surface area contributed by atoms with Crippen LogP contribution in [0.2, 0.25) is 0 Å². The number of halogens is 1. The van der Waals surface area contributed by atoms with Crippen molar-refractivity contribution in [2.24, 2.45) is 0 Å². The van der Waals surface area contributed by atoms with E-state index in [2.05, 4.69) is 10.2 Å². The average molecular weight is 268 g/mol. The molecule has 1 N–H and O–H groups in total. The van der Waals surface area contributed by atoms with Gasteiger partial charge in [0.05, 0.1) is 6.61 Å². The van der Waals surface area contributed by atoms with Crippen molar-refractivity contribution in [3.05, 3.63) is 35.1 Å². The number of carbonyl (C=O) groups excluding carboxylic acids is 1. The van der Waals surface area contributed by atoms with Crippen molar-refractivity contribution >= 4 is 5.91 Å². The first-order valence-electron chi connectivity index (χ1n) is 6.26. The summed E-state index contributed by atoms with van der Waals surface area (Å²) in [5.74, 6) is -0.473. The molecule has 106 valence electrons. The van der Waals surface area contributed by atoms with Crippen molar-refractivity contribution in [3.63, 3.8) is 0 Å². The largest absolute Gasteiger partial charge is 0.383 e. The lowest BCUT2D eigenvalue weighted by atomic mass is 10.1. The van der Waals surface area contributed by atoms with Gasteiger partial charge in [-0.05, 0) is 37.7 Å². The minimum absolute atomic E-state index is 0.178. The molecule has 0 saturated carbocycles. The highest BCUT2D eigenvalue weighted by Crippen LogP contribution is 2.08. The topological polar surface area (TPSA) is 41.6 Å². The molecule has 0 aromatic heterocycles. The van der Waals surface area contributed by atoms with E-state index in [0.717, 1.165) is 13.1 Å². The summed E-state index contributed by atoms with van der Waals surface area (Å²) in [4.78, 5) is 13.9. The molecular weight excluding hydrogens is 247 g/mol. The Kier molecular flexibility index (Phi) is 6.45. The molecule has 0 radical (unpaired) electrons. The minimum atomic E-state index is -0.296. The number of benzene rings is 1. The van der Waals surface area contributed by atoms with E-state index in [1.165, 1.54) is 12.1 Å². The molecule has 0 spiro atoms.